The summed E-state index contributed by atoms with van der Waals surface area (Å²) in [6.45, 7) is 7.71. The van der Waals surface area contributed by atoms with E-state index in [1.165, 1.54) is 4.52 Å². The highest BCUT2D eigenvalue weighted by Crippen LogP contribution is 2.35. The molecule has 9 nitrogen and oxygen atoms in total. The normalized spacial score (nSPS) is 12.0. The Kier molecular flexibility index (Phi) is 8.36. The number of carbonyl (C=O) groups is 1. The first-order valence-electron chi connectivity index (χ1n) is 12.8. The van der Waals surface area contributed by atoms with Crippen LogP contribution in [0.25, 0.3) is 17.0 Å². The van der Waals surface area contributed by atoms with Gasteiger partial charge in [0, 0.05) is 5.56 Å². The zero-order valence-electron chi connectivity index (χ0n) is 22.0. The molecule has 2 aromatic carbocycles. The van der Waals surface area contributed by atoms with Crippen LogP contribution in [-0.4, -0.2) is 31.5 Å². The lowest BCUT2D eigenvalue weighted by Gasteiger charge is -2.21. The van der Waals surface area contributed by atoms with E-state index >= 15 is 0 Å². The first kappa shape index (κ1) is 27.2. The highest BCUT2D eigenvalue weighted by Gasteiger charge is 2.28. The number of anilines is 1. The van der Waals surface area contributed by atoms with Crippen molar-refractivity contribution in [1.82, 2.24) is 14.6 Å². The lowest BCUT2D eigenvalue weighted by molar-refractivity contribution is -0.383. The Hall–Kier alpha value is -3.85. The fourth-order valence-corrected chi connectivity index (χ4v) is 4.72. The number of hydrogen-bond donors (Lipinski definition) is 2. The lowest BCUT2D eigenvalue weighted by atomic mass is 10.1. The van der Waals surface area contributed by atoms with E-state index in [0.717, 1.165) is 36.8 Å². The number of aromatic nitrogens is 3. The van der Waals surface area contributed by atoms with Gasteiger partial charge in [-0.3, -0.25) is 20.0 Å². The number of benzene rings is 2. The van der Waals surface area contributed by atoms with Crippen LogP contribution in [0.2, 0.25) is 5.15 Å². The average molecular weight is 538 g/mol. The number of ether oxygens (including phenoxy) is 1. The van der Waals surface area contributed by atoms with Gasteiger partial charge >= 0.3 is 5.69 Å². The number of amides is 1. The second-order valence-corrected chi connectivity index (χ2v) is 9.87. The van der Waals surface area contributed by atoms with Gasteiger partial charge in [0.25, 0.3) is 5.91 Å². The predicted molar refractivity (Wildman–Crippen MR) is 149 cm³/mol. The third-order valence-corrected chi connectivity index (χ3v) is 7.01. The van der Waals surface area contributed by atoms with Gasteiger partial charge in [-0.15, -0.1) is 0 Å². The highest BCUT2D eigenvalue weighted by atomic mass is 35.5. The van der Waals surface area contributed by atoms with Gasteiger partial charge < -0.3 is 10.1 Å². The van der Waals surface area contributed by atoms with Gasteiger partial charge in [-0.25, -0.2) is 9.50 Å². The Labute approximate surface area is 226 Å². The maximum atomic E-state index is 13.5. The van der Waals surface area contributed by atoms with Crippen molar-refractivity contribution in [3.63, 3.8) is 0 Å². The number of unbranched alkanes of at least 4 members (excludes halogenated alkanes) is 3. The van der Waals surface area contributed by atoms with E-state index in [4.69, 9.17) is 16.3 Å². The van der Waals surface area contributed by atoms with Crippen LogP contribution in [0.1, 0.15) is 55.7 Å². The minimum absolute atomic E-state index is 0.112. The Morgan fingerprint density at radius 1 is 1.18 bits per heavy atom. The highest BCUT2D eigenvalue weighted by molar-refractivity contribution is 6.31. The maximum Gasteiger partial charge on any atom is 0.319 e. The van der Waals surface area contributed by atoms with Crippen molar-refractivity contribution in [3.8, 4) is 17.1 Å². The molecule has 0 aliphatic rings. The molecule has 0 saturated heterocycles. The van der Waals surface area contributed by atoms with Crippen LogP contribution in [0, 0.1) is 30.9 Å². The molecule has 0 aliphatic carbocycles. The van der Waals surface area contributed by atoms with Crippen LogP contribution >= 0.6 is 11.6 Å². The molecular weight excluding hydrogens is 506 g/mol. The van der Waals surface area contributed by atoms with Gasteiger partial charge in [0.15, 0.2) is 11.9 Å². The number of halogens is 1. The Bertz CT molecular complexity index is 1480. The molecule has 1 amide bonds. The van der Waals surface area contributed by atoms with Crippen LogP contribution in [0.5, 0.6) is 5.75 Å². The number of nitrogens with one attached hydrogen (secondary N) is 2. The molecule has 0 radical (unpaired) electrons. The van der Waals surface area contributed by atoms with E-state index in [0.29, 0.717) is 34.8 Å². The quantitative estimate of drug-likeness (QED) is 0.119. The summed E-state index contributed by atoms with van der Waals surface area (Å²) in [5, 5.41) is 17.8. The van der Waals surface area contributed by atoms with Crippen LogP contribution in [0.15, 0.2) is 42.5 Å². The zero-order chi connectivity index (χ0) is 27.4. The van der Waals surface area contributed by atoms with Crippen molar-refractivity contribution in [2.24, 2.45) is 0 Å². The van der Waals surface area contributed by atoms with Gasteiger partial charge in [0.1, 0.15) is 10.9 Å². The van der Waals surface area contributed by atoms with Crippen molar-refractivity contribution in [1.29, 1.82) is 0 Å². The molecule has 0 bridgehead atoms. The summed E-state index contributed by atoms with van der Waals surface area (Å²) in [6.07, 6.45) is 3.97. The molecule has 10 heteroatoms. The summed E-state index contributed by atoms with van der Waals surface area (Å²) in [6, 6.07) is 13.0. The second kappa shape index (κ2) is 11.7. The number of aromatic amines is 1. The van der Waals surface area contributed by atoms with E-state index in [1.807, 2.05) is 32.0 Å². The number of fused-ring (bicyclic) bond motifs is 1. The van der Waals surface area contributed by atoms with Crippen molar-refractivity contribution < 1.29 is 14.5 Å². The molecule has 2 aromatic heterocycles. The van der Waals surface area contributed by atoms with Gasteiger partial charge in [-0.05, 0) is 57.4 Å². The standard InChI is InChI=1S/C28H32ClN5O4/c1-5-6-7-8-13-23(38-22-15-14-17(2)16-18(22)3)28(35)30-21-12-10-9-11-20(21)26-31-27-24(34(36)37)19(4)25(29)33(27)32-26/h9-12,14-16,23H,5-8,13H2,1-4H3,(H,30,35)(H,31,32). The summed E-state index contributed by atoms with van der Waals surface area (Å²) < 4.78 is 7.61. The zero-order valence-corrected chi connectivity index (χ0v) is 22.8. The van der Waals surface area contributed by atoms with Gasteiger partial charge in [0.2, 0.25) is 5.65 Å². The molecule has 200 valence electrons. The molecule has 0 spiro atoms. The SMILES string of the molecule is CCCCCCC(Oc1ccc(C)cc1C)C(=O)Nc1ccccc1-c1nc2c([N+](=O)[O-])c(C)c(Cl)n2[nH]1. The smallest absolute Gasteiger partial charge is 0.319 e. The Balaban J connectivity index is 1.63. The monoisotopic (exact) mass is 537 g/mol. The third-order valence-electron chi connectivity index (χ3n) is 6.55. The first-order chi connectivity index (χ1) is 18.2. The molecule has 38 heavy (non-hydrogen) atoms. The molecule has 1 atom stereocenters. The number of carbonyl (C=O) groups excluding carboxylic acids is 1. The minimum atomic E-state index is -0.688. The molecule has 0 fully saturated rings. The van der Waals surface area contributed by atoms with E-state index in [9.17, 15) is 14.9 Å². The Morgan fingerprint density at radius 3 is 2.66 bits per heavy atom. The van der Waals surface area contributed by atoms with Crippen molar-refractivity contribution in [3.05, 3.63) is 74.4 Å². The predicted octanol–water partition coefficient (Wildman–Crippen LogP) is 7.17. The summed E-state index contributed by atoms with van der Waals surface area (Å²) >= 11 is 6.33. The molecular formula is C28H32ClN5O4. The molecule has 0 aliphatic heterocycles. The Morgan fingerprint density at radius 2 is 1.95 bits per heavy atom. The van der Waals surface area contributed by atoms with E-state index in [-0.39, 0.29) is 22.4 Å². The molecule has 4 aromatic rings. The molecule has 2 N–H and O–H groups in total. The number of nitrogens with zero attached hydrogens (tertiary/aromatic N) is 3. The van der Waals surface area contributed by atoms with Crippen molar-refractivity contribution in [2.45, 2.75) is 65.9 Å². The number of para-hydroxylation sites is 1. The third kappa shape index (κ3) is 5.67. The van der Waals surface area contributed by atoms with Gasteiger partial charge in [-0.1, -0.05) is 67.6 Å². The molecule has 1 unspecified atom stereocenters. The van der Waals surface area contributed by atoms with Crippen LogP contribution in [-0.2, 0) is 4.79 Å². The maximum absolute atomic E-state index is 13.5. The fourth-order valence-electron chi connectivity index (χ4n) is 4.51. The van der Waals surface area contributed by atoms with Crippen molar-refractivity contribution >= 4 is 34.5 Å². The van der Waals surface area contributed by atoms with Gasteiger partial charge in [-0.2, -0.15) is 0 Å². The summed E-state index contributed by atoms with van der Waals surface area (Å²) in [5.41, 5.74) is 3.46. The number of aryl methyl sites for hydroxylation is 2. The number of hydrogen-bond acceptors (Lipinski definition) is 5. The summed E-state index contributed by atoms with van der Waals surface area (Å²) in [7, 11) is 0. The van der Waals surface area contributed by atoms with E-state index in [1.54, 1.807) is 31.2 Å². The topological polar surface area (TPSA) is 115 Å². The number of rotatable bonds is 11. The minimum Gasteiger partial charge on any atom is -0.480 e. The largest absolute Gasteiger partial charge is 0.480 e. The van der Waals surface area contributed by atoms with Crippen LogP contribution < -0.4 is 10.1 Å². The van der Waals surface area contributed by atoms with E-state index in [2.05, 4.69) is 22.3 Å². The van der Waals surface area contributed by atoms with Gasteiger partial charge in [0.05, 0.1) is 16.2 Å². The fraction of sp³-hybridized carbons (Fsp3) is 0.357. The van der Waals surface area contributed by atoms with Crippen molar-refractivity contribution in [2.75, 3.05) is 5.32 Å². The van der Waals surface area contributed by atoms with Crippen LogP contribution in [0.3, 0.4) is 0 Å². The lowest BCUT2D eigenvalue weighted by Crippen LogP contribution is -2.33. The molecule has 0 saturated carbocycles. The summed E-state index contributed by atoms with van der Waals surface area (Å²) in [4.78, 5) is 29.1. The molecule has 4 rings (SSSR count). The van der Waals surface area contributed by atoms with Crippen LogP contribution in [0.4, 0.5) is 11.4 Å². The average Bonchev–Trinajstić information content (AvgIpc) is 3.40. The first-order valence-corrected chi connectivity index (χ1v) is 13.1. The number of H-pyrrole nitrogens is 1. The van der Waals surface area contributed by atoms with E-state index < -0.39 is 11.0 Å². The molecule has 2 heterocycles. The number of nitro groups is 1. The second-order valence-electron chi connectivity index (χ2n) is 9.51. The summed E-state index contributed by atoms with van der Waals surface area (Å²) in [5.74, 6) is 0.751.